The Hall–Kier alpha value is -4.48. The summed E-state index contributed by atoms with van der Waals surface area (Å²) in [6, 6.07) is 38.7. The van der Waals surface area contributed by atoms with E-state index in [1.54, 1.807) is 0 Å². The fraction of sp³-hybridized carbons (Fsp3) is 0.270. The summed E-state index contributed by atoms with van der Waals surface area (Å²) in [6.45, 7) is 4.06. The number of hydrogen-bond donors (Lipinski definition) is 2. The summed E-state index contributed by atoms with van der Waals surface area (Å²) in [4.78, 5) is 39.2. The van der Waals surface area contributed by atoms with E-state index in [2.05, 4.69) is 47.0 Å². The van der Waals surface area contributed by atoms with Crippen LogP contribution >= 0.6 is 7.26 Å². The zero-order valence-corrected chi connectivity index (χ0v) is 27.0. The number of ether oxygens (including phenoxy) is 2. The Bertz CT molecular complexity index is 1400. The molecule has 0 aliphatic heterocycles. The Morgan fingerprint density at radius 3 is 1.58 bits per heavy atom. The van der Waals surface area contributed by atoms with Gasteiger partial charge in [0.2, 0.25) is 5.91 Å². The monoisotopic (exact) mass is 625 g/mol. The molecule has 0 spiro atoms. The van der Waals surface area contributed by atoms with Crippen LogP contribution in [0.25, 0.3) is 0 Å². The number of carbonyl (C=O) groups is 3. The molecular weight excluding hydrogens is 583 g/mol. The van der Waals surface area contributed by atoms with Gasteiger partial charge in [-0.3, -0.25) is 4.79 Å². The molecule has 0 fully saturated rings. The van der Waals surface area contributed by atoms with Gasteiger partial charge in [-0.2, -0.15) is 0 Å². The topological polar surface area (TPSA) is 93.7 Å². The molecule has 234 valence electrons. The van der Waals surface area contributed by atoms with E-state index in [1.807, 2.05) is 98.8 Å². The molecule has 0 aliphatic carbocycles. The van der Waals surface area contributed by atoms with Gasteiger partial charge in [-0.05, 0) is 54.3 Å². The van der Waals surface area contributed by atoms with Crippen LogP contribution in [0, 0.1) is 5.92 Å². The van der Waals surface area contributed by atoms with Crippen molar-refractivity contribution in [2.75, 3.05) is 19.9 Å². The molecule has 2 unspecified atom stereocenters. The van der Waals surface area contributed by atoms with Crippen molar-refractivity contribution in [1.29, 1.82) is 0 Å². The van der Waals surface area contributed by atoms with Gasteiger partial charge in [-0.25, -0.2) is 9.59 Å². The van der Waals surface area contributed by atoms with E-state index in [4.69, 9.17) is 9.47 Å². The minimum Gasteiger partial charge on any atom is -0.467 e. The quantitative estimate of drug-likeness (QED) is 0.152. The Kier molecular flexibility index (Phi) is 12.3. The first kappa shape index (κ1) is 33.4. The molecule has 0 aliphatic rings. The van der Waals surface area contributed by atoms with Crippen LogP contribution in [-0.2, 0) is 25.5 Å². The normalized spacial score (nSPS) is 12.5. The van der Waals surface area contributed by atoms with Gasteiger partial charge < -0.3 is 20.1 Å². The van der Waals surface area contributed by atoms with Crippen LogP contribution < -0.4 is 26.5 Å². The van der Waals surface area contributed by atoms with Crippen molar-refractivity contribution in [1.82, 2.24) is 10.6 Å². The van der Waals surface area contributed by atoms with Crippen LogP contribution in [0.2, 0.25) is 0 Å². The van der Waals surface area contributed by atoms with Crippen molar-refractivity contribution in [3.05, 3.63) is 127 Å². The minimum atomic E-state index is -2.20. The zero-order chi connectivity index (χ0) is 32.1. The fourth-order valence-corrected chi connectivity index (χ4v) is 9.58. The number of methoxy groups -OCH3 is 1. The molecule has 0 saturated heterocycles. The fourth-order valence-electron chi connectivity index (χ4n) is 5.50. The van der Waals surface area contributed by atoms with Crippen molar-refractivity contribution in [3.8, 4) is 0 Å². The number of hydrogen-bond acceptors (Lipinski definition) is 5. The van der Waals surface area contributed by atoms with Crippen LogP contribution in [0.3, 0.4) is 0 Å². The summed E-state index contributed by atoms with van der Waals surface area (Å²) in [5.41, 5.74) is 0.860. The van der Waals surface area contributed by atoms with Crippen molar-refractivity contribution in [3.63, 3.8) is 0 Å². The highest BCUT2D eigenvalue weighted by molar-refractivity contribution is 7.95. The van der Waals surface area contributed by atoms with E-state index in [0.717, 1.165) is 5.56 Å². The standard InChI is InChI=1S/C37H41N2O5P/c1-28(2)26-34(36(41)43-3)38-35(40)33(27-29-16-8-4-9-17-29)39-37(42)44-24-25-45(30-18-10-5-11-19-30,31-20-12-6-13-21-31)32-22-14-7-15-23-32/h4-23,28,33-34H,24-27H2,1-3H3,(H-,38,39,40,42)/p+1. The van der Waals surface area contributed by atoms with Gasteiger partial charge in [-0.1, -0.05) is 98.8 Å². The Morgan fingerprint density at radius 1 is 0.667 bits per heavy atom. The number of alkyl carbamates (subject to hydrolysis) is 1. The molecule has 0 saturated carbocycles. The average molecular weight is 626 g/mol. The number of rotatable bonds is 14. The molecule has 4 rings (SSSR count). The van der Waals surface area contributed by atoms with E-state index in [-0.39, 0.29) is 18.9 Å². The molecule has 8 heteroatoms. The van der Waals surface area contributed by atoms with Crippen molar-refractivity contribution < 1.29 is 23.9 Å². The first-order valence-electron chi connectivity index (χ1n) is 15.2. The molecule has 2 N–H and O–H groups in total. The van der Waals surface area contributed by atoms with E-state index in [0.29, 0.717) is 12.6 Å². The molecule has 0 aromatic heterocycles. The van der Waals surface area contributed by atoms with Crippen molar-refractivity contribution in [2.45, 2.75) is 38.8 Å². The smallest absolute Gasteiger partial charge is 0.407 e. The number of amides is 2. The first-order valence-corrected chi connectivity index (χ1v) is 17.2. The molecule has 4 aromatic rings. The molecule has 2 atom stereocenters. The van der Waals surface area contributed by atoms with Gasteiger partial charge in [0, 0.05) is 6.42 Å². The van der Waals surface area contributed by atoms with Gasteiger partial charge in [0.05, 0.1) is 7.11 Å². The van der Waals surface area contributed by atoms with E-state index < -0.39 is 37.3 Å². The highest BCUT2D eigenvalue weighted by Crippen LogP contribution is 2.54. The predicted molar refractivity (Wildman–Crippen MR) is 182 cm³/mol. The number of benzene rings is 4. The summed E-state index contributed by atoms with van der Waals surface area (Å²) in [5, 5.41) is 9.13. The summed E-state index contributed by atoms with van der Waals surface area (Å²) in [5.74, 6) is -0.866. The molecule has 0 radical (unpaired) electrons. The highest BCUT2D eigenvalue weighted by Gasteiger charge is 2.45. The Morgan fingerprint density at radius 2 is 1.13 bits per heavy atom. The lowest BCUT2D eigenvalue weighted by atomic mass is 10.0. The van der Waals surface area contributed by atoms with Crippen LogP contribution in [0.5, 0.6) is 0 Å². The minimum absolute atomic E-state index is 0.135. The third-order valence-electron chi connectivity index (χ3n) is 7.65. The molecule has 0 bridgehead atoms. The van der Waals surface area contributed by atoms with Crippen LogP contribution in [-0.4, -0.2) is 49.9 Å². The summed E-state index contributed by atoms with van der Waals surface area (Å²) >= 11 is 0. The van der Waals surface area contributed by atoms with E-state index >= 15 is 0 Å². The maximum Gasteiger partial charge on any atom is 0.407 e. The van der Waals surface area contributed by atoms with Crippen molar-refractivity contribution >= 4 is 41.1 Å². The van der Waals surface area contributed by atoms with Crippen LogP contribution in [0.1, 0.15) is 25.8 Å². The summed E-state index contributed by atoms with van der Waals surface area (Å²) < 4.78 is 10.7. The first-order chi connectivity index (χ1) is 21.8. The third-order valence-corrected chi connectivity index (χ3v) is 12.0. The van der Waals surface area contributed by atoms with Gasteiger partial charge in [0.1, 0.15) is 48.0 Å². The lowest BCUT2D eigenvalue weighted by molar-refractivity contribution is -0.145. The van der Waals surface area contributed by atoms with Gasteiger partial charge >= 0.3 is 12.1 Å². The van der Waals surface area contributed by atoms with Gasteiger partial charge in [0.25, 0.3) is 0 Å². The zero-order valence-electron chi connectivity index (χ0n) is 26.1. The van der Waals surface area contributed by atoms with Crippen molar-refractivity contribution in [2.24, 2.45) is 5.92 Å². The second-order valence-corrected chi connectivity index (χ2v) is 14.9. The third kappa shape index (κ3) is 9.02. The Balaban J connectivity index is 1.55. The second-order valence-electron chi connectivity index (χ2n) is 11.3. The summed E-state index contributed by atoms with van der Waals surface area (Å²) in [6.07, 6.45) is 0.515. The number of nitrogens with one attached hydrogen (secondary N) is 2. The maximum absolute atomic E-state index is 13.5. The Labute approximate surface area is 266 Å². The summed E-state index contributed by atoms with van der Waals surface area (Å²) in [7, 11) is -0.907. The molecule has 4 aromatic carbocycles. The van der Waals surface area contributed by atoms with Crippen LogP contribution in [0.15, 0.2) is 121 Å². The molecule has 7 nitrogen and oxygen atoms in total. The van der Waals surface area contributed by atoms with Gasteiger partial charge in [-0.15, -0.1) is 0 Å². The SMILES string of the molecule is COC(=O)C(CC(C)C)NC(=O)C(Cc1ccccc1)NC(=O)OCC[P+](c1ccccc1)(c1ccccc1)c1ccccc1. The maximum atomic E-state index is 13.5. The number of carbonyl (C=O) groups excluding carboxylic acids is 3. The van der Waals surface area contributed by atoms with E-state index in [1.165, 1.54) is 23.0 Å². The largest absolute Gasteiger partial charge is 0.467 e. The molecule has 45 heavy (non-hydrogen) atoms. The lowest BCUT2D eigenvalue weighted by Crippen LogP contribution is -2.53. The average Bonchev–Trinajstić information content (AvgIpc) is 3.07. The second kappa shape index (κ2) is 16.6. The lowest BCUT2D eigenvalue weighted by Gasteiger charge is -2.27. The van der Waals surface area contributed by atoms with E-state index in [9.17, 15) is 14.4 Å². The van der Waals surface area contributed by atoms with Gasteiger partial charge in [0.15, 0.2) is 0 Å². The molecule has 0 heterocycles. The number of esters is 1. The molecule has 2 amide bonds. The highest BCUT2D eigenvalue weighted by atomic mass is 31.2. The van der Waals surface area contributed by atoms with Crippen LogP contribution in [0.4, 0.5) is 4.79 Å². The predicted octanol–water partition coefficient (Wildman–Crippen LogP) is 5.02. The molecular formula is C37H42N2O5P+.